The van der Waals surface area contributed by atoms with Crippen molar-refractivity contribution in [2.45, 2.75) is 4.90 Å². The standard InChI is InChI=1S/C20H17ClN4O3S/c1-28-15-6-3-13(4-7-15)17-12-23-20-19(22-9-10-25(17)20)24-14-5-8-18(16(21)11-14)29(2,26)27/h3-12H,1-2H3,(H,22,24). The Morgan fingerprint density at radius 1 is 1.10 bits per heavy atom. The summed E-state index contributed by atoms with van der Waals surface area (Å²) in [5.74, 6) is 1.30. The van der Waals surface area contributed by atoms with Gasteiger partial charge in [0.15, 0.2) is 21.3 Å². The minimum Gasteiger partial charge on any atom is -0.497 e. The Hall–Kier alpha value is -3.10. The van der Waals surface area contributed by atoms with Crippen LogP contribution in [0.1, 0.15) is 0 Å². The van der Waals surface area contributed by atoms with E-state index in [4.69, 9.17) is 16.3 Å². The molecule has 0 saturated heterocycles. The number of hydrogen-bond acceptors (Lipinski definition) is 6. The number of ether oxygens (including phenoxy) is 1. The molecule has 0 aliphatic heterocycles. The number of nitrogens with zero attached hydrogens (tertiary/aromatic N) is 3. The van der Waals surface area contributed by atoms with Crippen LogP contribution in [0.15, 0.2) is 66.0 Å². The predicted molar refractivity (Wildman–Crippen MR) is 113 cm³/mol. The maximum absolute atomic E-state index is 11.7. The summed E-state index contributed by atoms with van der Waals surface area (Å²) in [4.78, 5) is 8.93. The van der Waals surface area contributed by atoms with Crippen molar-refractivity contribution in [2.24, 2.45) is 0 Å². The van der Waals surface area contributed by atoms with Crippen LogP contribution in [0.2, 0.25) is 5.02 Å². The molecule has 1 N–H and O–H groups in total. The first-order chi connectivity index (χ1) is 13.9. The molecule has 0 unspecified atom stereocenters. The van der Waals surface area contributed by atoms with Crippen molar-refractivity contribution in [1.82, 2.24) is 14.4 Å². The van der Waals surface area contributed by atoms with Crippen LogP contribution >= 0.6 is 11.6 Å². The molecule has 0 fully saturated rings. The van der Waals surface area contributed by atoms with Gasteiger partial charge in [-0.25, -0.2) is 18.4 Å². The van der Waals surface area contributed by atoms with E-state index in [1.165, 1.54) is 6.07 Å². The highest BCUT2D eigenvalue weighted by Gasteiger charge is 2.14. The number of sulfone groups is 1. The maximum Gasteiger partial charge on any atom is 0.180 e. The van der Waals surface area contributed by atoms with Gasteiger partial charge in [-0.05, 0) is 42.5 Å². The summed E-state index contributed by atoms with van der Waals surface area (Å²) in [6.07, 6.45) is 6.38. The van der Waals surface area contributed by atoms with Crippen molar-refractivity contribution in [3.05, 3.63) is 66.1 Å². The Labute approximate surface area is 172 Å². The highest BCUT2D eigenvalue weighted by atomic mass is 35.5. The van der Waals surface area contributed by atoms with Crippen LogP contribution in [0.25, 0.3) is 16.9 Å². The number of hydrogen-bond donors (Lipinski definition) is 1. The second-order valence-electron chi connectivity index (χ2n) is 6.38. The topological polar surface area (TPSA) is 85.6 Å². The third-order valence-electron chi connectivity index (χ3n) is 4.41. The van der Waals surface area contributed by atoms with E-state index >= 15 is 0 Å². The highest BCUT2D eigenvalue weighted by Crippen LogP contribution is 2.29. The van der Waals surface area contributed by atoms with Crippen molar-refractivity contribution in [2.75, 3.05) is 18.7 Å². The van der Waals surface area contributed by atoms with Crippen molar-refractivity contribution in [3.63, 3.8) is 0 Å². The number of halogens is 1. The van der Waals surface area contributed by atoms with E-state index in [0.29, 0.717) is 17.2 Å². The van der Waals surface area contributed by atoms with Gasteiger partial charge in [-0.3, -0.25) is 4.40 Å². The lowest BCUT2D eigenvalue weighted by Crippen LogP contribution is -2.01. The Kier molecular flexibility index (Phi) is 4.89. The second kappa shape index (κ2) is 7.38. The van der Waals surface area contributed by atoms with Gasteiger partial charge in [0.05, 0.1) is 28.9 Å². The number of rotatable bonds is 5. The Bertz CT molecular complexity index is 1300. The zero-order chi connectivity index (χ0) is 20.6. The molecule has 0 bridgehead atoms. The summed E-state index contributed by atoms with van der Waals surface area (Å²) < 4.78 is 30.6. The van der Waals surface area contributed by atoms with Gasteiger partial charge in [-0.2, -0.15) is 0 Å². The summed E-state index contributed by atoms with van der Waals surface area (Å²) in [5.41, 5.74) is 3.12. The molecule has 4 rings (SSSR count). The first-order valence-corrected chi connectivity index (χ1v) is 10.9. The molecule has 2 aromatic carbocycles. The van der Waals surface area contributed by atoms with Gasteiger partial charge in [0.25, 0.3) is 0 Å². The minimum atomic E-state index is -3.39. The summed E-state index contributed by atoms with van der Waals surface area (Å²) in [6.45, 7) is 0. The monoisotopic (exact) mass is 428 g/mol. The van der Waals surface area contributed by atoms with Crippen molar-refractivity contribution in [1.29, 1.82) is 0 Å². The molecule has 9 heteroatoms. The average molecular weight is 429 g/mol. The average Bonchev–Trinajstić information content (AvgIpc) is 3.12. The molecule has 148 valence electrons. The molecule has 0 radical (unpaired) electrons. The summed E-state index contributed by atoms with van der Waals surface area (Å²) >= 11 is 6.14. The molecule has 4 aromatic rings. The van der Waals surface area contributed by atoms with Gasteiger partial charge >= 0.3 is 0 Å². The zero-order valence-electron chi connectivity index (χ0n) is 15.6. The highest BCUT2D eigenvalue weighted by molar-refractivity contribution is 7.90. The lowest BCUT2D eigenvalue weighted by Gasteiger charge is -2.10. The molecule has 0 aliphatic rings. The maximum atomic E-state index is 11.7. The van der Waals surface area contributed by atoms with Crippen LogP contribution in [0, 0.1) is 0 Å². The minimum absolute atomic E-state index is 0.0819. The molecular formula is C20H17ClN4O3S. The Balaban J connectivity index is 1.71. The van der Waals surface area contributed by atoms with Crippen LogP contribution in [-0.2, 0) is 9.84 Å². The molecular weight excluding hydrogens is 412 g/mol. The van der Waals surface area contributed by atoms with E-state index in [-0.39, 0.29) is 9.92 Å². The van der Waals surface area contributed by atoms with Crippen LogP contribution < -0.4 is 10.1 Å². The van der Waals surface area contributed by atoms with Gasteiger partial charge in [0, 0.05) is 29.9 Å². The van der Waals surface area contributed by atoms with Crippen molar-refractivity contribution >= 4 is 38.6 Å². The van der Waals surface area contributed by atoms with Crippen LogP contribution in [0.4, 0.5) is 11.5 Å². The molecule has 0 amide bonds. The molecule has 0 spiro atoms. The third-order valence-corrected chi connectivity index (χ3v) is 5.99. The summed E-state index contributed by atoms with van der Waals surface area (Å²) in [6, 6.07) is 12.4. The fourth-order valence-electron chi connectivity index (χ4n) is 3.00. The van der Waals surface area contributed by atoms with Crippen LogP contribution in [0.3, 0.4) is 0 Å². The second-order valence-corrected chi connectivity index (χ2v) is 8.78. The predicted octanol–water partition coefficient (Wildman–Crippen LogP) is 4.21. The molecule has 29 heavy (non-hydrogen) atoms. The number of nitrogens with one attached hydrogen (secondary N) is 1. The van der Waals surface area contributed by atoms with E-state index < -0.39 is 9.84 Å². The normalized spacial score (nSPS) is 11.6. The zero-order valence-corrected chi connectivity index (χ0v) is 17.2. The molecule has 0 saturated carbocycles. The Morgan fingerprint density at radius 3 is 2.52 bits per heavy atom. The molecule has 0 aliphatic carbocycles. The SMILES string of the molecule is COc1ccc(-c2cnc3c(Nc4ccc(S(C)(=O)=O)c(Cl)c4)nccn23)cc1. The number of imidazole rings is 1. The fourth-order valence-corrected chi connectivity index (χ4v) is 4.33. The largest absolute Gasteiger partial charge is 0.497 e. The number of methoxy groups -OCH3 is 1. The van der Waals surface area contributed by atoms with E-state index in [9.17, 15) is 8.42 Å². The Morgan fingerprint density at radius 2 is 1.86 bits per heavy atom. The summed E-state index contributed by atoms with van der Waals surface area (Å²) in [7, 11) is -1.76. The number of benzene rings is 2. The lowest BCUT2D eigenvalue weighted by atomic mass is 10.1. The van der Waals surface area contributed by atoms with Gasteiger partial charge in [-0.1, -0.05) is 11.6 Å². The molecule has 7 nitrogen and oxygen atoms in total. The smallest absolute Gasteiger partial charge is 0.180 e. The molecule has 0 atom stereocenters. The van der Waals surface area contributed by atoms with Gasteiger partial charge < -0.3 is 10.1 Å². The third kappa shape index (κ3) is 3.76. The van der Waals surface area contributed by atoms with E-state index in [2.05, 4.69) is 15.3 Å². The lowest BCUT2D eigenvalue weighted by molar-refractivity contribution is 0.415. The molecule has 2 aromatic heterocycles. The number of anilines is 2. The van der Waals surface area contributed by atoms with Crippen molar-refractivity contribution in [3.8, 4) is 17.0 Å². The van der Waals surface area contributed by atoms with Crippen molar-refractivity contribution < 1.29 is 13.2 Å². The van der Waals surface area contributed by atoms with E-state index in [0.717, 1.165) is 23.3 Å². The number of aromatic nitrogens is 3. The van der Waals surface area contributed by atoms with Gasteiger partial charge in [-0.15, -0.1) is 0 Å². The molecule has 2 heterocycles. The van der Waals surface area contributed by atoms with E-state index in [1.54, 1.807) is 31.6 Å². The number of fused-ring (bicyclic) bond motifs is 1. The van der Waals surface area contributed by atoms with Gasteiger partial charge in [0.1, 0.15) is 5.75 Å². The quantitative estimate of drug-likeness (QED) is 0.512. The van der Waals surface area contributed by atoms with Crippen LogP contribution in [-0.4, -0.2) is 36.2 Å². The van der Waals surface area contributed by atoms with Gasteiger partial charge in [0.2, 0.25) is 0 Å². The summed E-state index contributed by atoms with van der Waals surface area (Å²) in [5, 5.41) is 3.30. The first-order valence-electron chi connectivity index (χ1n) is 8.60. The van der Waals surface area contributed by atoms with E-state index in [1.807, 2.05) is 34.9 Å². The van der Waals surface area contributed by atoms with Crippen LogP contribution in [0.5, 0.6) is 5.75 Å². The fraction of sp³-hybridized carbons (Fsp3) is 0.100. The first kappa shape index (κ1) is 19.2.